The summed E-state index contributed by atoms with van der Waals surface area (Å²) in [6.45, 7) is 3.15. The van der Waals surface area contributed by atoms with E-state index in [1.165, 1.54) is 0 Å². The number of hydrogen-bond donors (Lipinski definition) is 0. The van der Waals surface area contributed by atoms with Crippen molar-refractivity contribution in [2.45, 2.75) is 18.4 Å². The highest BCUT2D eigenvalue weighted by Gasteiger charge is 2.16. The van der Waals surface area contributed by atoms with Crippen LogP contribution < -0.4 is 9.47 Å². The summed E-state index contributed by atoms with van der Waals surface area (Å²) < 4.78 is 21.9. The van der Waals surface area contributed by atoms with Gasteiger partial charge in [-0.2, -0.15) is 0 Å². The van der Waals surface area contributed by atoms with Crippen LogP contribution in [-0.4, -0.2) is 30.1 Å². The van der Waals surface area contributed by atoms with Gasteiger partial charge in [-0.15, -0.1) is 11.8 Å². The van der Waals surface area contributed by atoms with Crippen molar-refractivity contribution in [3.8, 4) is 22.8 Å². The number of aromatic nitrogens is 1. The molecule has 0 spiro atoms. The number of carbonyl (C=O) groups excluding carboxylic acids is 1. The van der Waals surface area contributed by atoms with Crippen molar-refractivity contribution in [1.82, 2.24) is 5.16 Å². The van der Waals surface area contributed by atoms with Crippen LogP contribution in [-0.2, 0) is 11.3 Å². The Bertz CT molecular complexity index is 984. The number of benzene rings is 2. The van der Waals surface area contributed by atoms with Crippen LogP contribution in [0.4, 0.5) is 0 Å². The first-order chi connectivity index (χ1) is 13.7. The summed E-state index contributed by atoms with van der Waals surface area (Å²) in [5.74, 6) is 2.47. The summed E-state index contributed by atoms with van der Waals surface area (Å²) in [4.78, 5) is 13.3. The van der Waals surface area contributed by atoms with Gasteiger partial charge < -0.3 is 18.7 Å². The molecule has 1 aliphatic rings. The van der Waals surface area contributed by atoms with Gasteiger partial charge in [0.2, 0.25) is 0 Å². The number of hydrogen-bond acceptors (Lipinski definition) is 7. The summed E-state index contributed by atoms with van der Waals surface area (Å²) in [6, 6.07) is 14.7. The second-order valence-corrected chi connectivity index (χ2v) is 7.35. The Balaban J connectivity index is 1.43. The Kier molecular flexibility index (Phi) is 5.53. The van der Waals surface area contributed by atoms with Crippen molar-refractivity contribution < 1.29 is 23.5 Å². The maximum atomic E-state index is 12.4. The smallest absolute Gasteiger partial charge is 0.339 e. The van der Waals surface area contributed by atoms with Crippen LogP contribution in [0.2, 0.25) is 0 Å². The van der Waals surface area contributed by atoms with E-state index >= 15 is 0 Å². The minimum Gasteiger partial charge on any atom is -0.486 e. The van der Waals surface area contributed by atoms with Crippen LogP contribution in [0.15, 0.2) is 57.9 Å². The van der Waals surface area contributed by atoms with E-state index in [9.17, 15) is 4.79 Å². The molecule has 144 valence electrons. The molecular weight excluding hydrogens is 378 g/mol. The van der Waals surface area contributed by atoms with Gasteiger partial charge in [-0.1, -0.05) is 24.2 Å². The fourth-order valence-corrected chi connectivity index (χ4v) is 3.64. The first-order valence-electron chi connectivity index (χ1n) is 8.99. The molecule has 0 saturated heterocycles. The Labute approximate surface area is 166 Å². The second-order valence-electron chi connectivity index (χ2n) is 6.05. The molecule has 3 aromatic rings. The third kappa shape index (κ3) is 3.99. The molecule has 0 N–H and O–H groups in total. The summed E-state index contributed by atoms with van der Waals surface area (Å²) in [5.41, 5.74) is 1.92. The van der Waals surface area contributed by atoms with Crippen molar-refractivity contribution >= 4 is 17.7 Å². The first kappa shape index (κ1) is 18.4. The molecule has 0 unspecified atom stereocenters. The molecule has 1 aromatic heterocycles. The standard InChI is InChI=1S/C21H19NO5S/c1-2-28-20-6-4-3-5-16(20)21(23)26-13-15-12-18(27-22-15)14-7-8-17-19(11-14)25-10-9-24-17/h3-8,11-12H,2,9-10,13H2,1H3. The van der Waals surface area contributed by atoms with Gasteiger partial charge in [0.15, 0.2) is 17.3 Å². The highest BCUT2D eigenvalue weighted by atomic mass is 32.2. The van der Waals surface area contributed by atoms with E-state index in [1.54, 1.807) is 23.9 Å². The molecule has 0 aliphatic carbocycles. The molecule has 0 fully saturated rings. The molecule has 1 aliphatic heterocycles. The highest BCUT2D eigenvalue weighted by Crippen LogP contribution is 2.34. The van der Waals surface area contributed by atoms with Gasteiger partial charge in [0.25, 0.3) is 0 Å². The van der Waals surface area contributed by atoms with Gasteiger partial charge in [-0.25, -0.2) is 4.79 Å². The van der Waals surface area contributed by atoms with E-state index in [-0.39, 0.29) is 12.6 Å². The van der Waals surface area contributed by atoms with Crippen LogP contribution in [0.25, 0.3) is 11.3 Å². The van der Waals surface area contributed by atoms with Crippen molar-refractivity contribution in [1.29, 1.82) is 0 Å². The number of nitrogens with zero attached hydrogens (tertiary/aromatic N) is 1. The Morgan fingerprint density at radius 3 is 2.79 bits per heavy atom. The Morgan fingerprint density at radius 1 is 1.11 bits per heavy atom. The van der Waals surface area contributed by atoms with Gasteiger partial charge in [-0.05, 0) is 36.1 Å². The lowest BCUT2D eigenvalue weighted by Gasteiger charge is -2.18. The third-order valence-electron chi connectivity index (χ3n) is 4.14. The van der Waals surface area contributed by atoms with Gasteiger partial charge in [0, 0.05) is 16.5 Å². The van der Waals surface area contributed by atoms with Crippen LogP contribution in [0.3, 0.4) is 0 Å². The molecule has 0 saturated carbocycles. The van der Waals surface area contributed by atoms with Crippen molar-refractivity contribution in [3.05, 3.63) is 59.8 Å². The first-order valence-corrected chi connectivity index (χ1v) is 9.97. The van der Waals surface area contributed by atoms with Gasteiger partial charge >= 0.3 is 5.97 Å². The Morgan fingerprint density at radius 2 is 1.93 bits per heavy atom. The van der Waals surface area contributed by atoms with Gasteiger partial charge in [-0.3, -0.25) is 0 Å². The largest absolute Gasteiger partial charge is 0.486 e. The van der Waals surface area contributed by atoms with Crippen molar-refractivity contribution in [2.24, 2.45) is 0 Å². The zero-order valence-corrected chi connectivity index (χ0v) is 16.2. The number of ether oxygens (including phenoxy) is 3. The van der Waals surface area contributed by atoms with E-state index in [4.69, 9.17) is 18.7 Å². The Hall–Kier alpha value is -2.93. The molecule has 6 nitrogen and oxygen atoms in total. The molecule has 0 radical (unpaired) electrons. The molecule has 28 heavy (non-hydrogen) atoms. The predicted octanol–water partition coefficient (Wildman–Crippen LogP) is 4.58. The van der Waals surface area contributed by atoms with Crippen molar-refractivity contribution in [2.75, 3.05) is 19.0 Å². The molecule has 2 heterocycles. The minimum absolute atomic E-state index is 0.0397. The number of rotatable bonds is 6. The summed E-state index contributed by atoms with van der Waals surface area (Å²) >= 11 is 1.61. The monoisotopic (exact) mass is 397 g/mol. The molecular formula is C21H19NO5S. The van der Waals surface area contributed by atoms with E-state index in [1.807, 2.05) is 43.3 Å². The molecule has 0 bridgehead atoms. The van der Waals surface area contributed by atoms with E-state index < -0.39 is 0 Å². The zero-order valence-electron chi connectivity index (χ0n) is 15.3. The summed E-state index contributed by atoms with van der Waals surface area (Å²) in [5, 5.41) is 4.00. The van der Waals surface area contributed by atoms with Gasteiger partial charge in [0.1, 0.15) is 25.5 Å². The SMILES string of the molecule is CCSc1ccccc1C(=O)OCc1cc(-c2ccc3c(c2)OCCO3)on1. The van der Waals surface area contributed by atoms with Gasteiger partial charge in [0.05, 0.1) is 5.56 Å². The van der Waals surface area contributed by atoms with Crippen LogP contribution in [0, 0.1) is 0 Å². The lowest BCUT2D eigenvalue weighted by molar-refractivity contribution is 0.0460. The average molecular weight is 397 g/mol. The zero-order chi connectivity index (χ0) is 19.3. The normalized spacial score (nSPS) is 12.6. The molecule has 7 heteroatoms. The minimum atomic E-state index is -0.375. The second kappa shape index (κ2) is 8.39. The topological polar surface area (TPSA) is 70.8 Å². The summed E-state index contributed by atoms with van der Waals surface area (Å²) in [6.07, 6.45) is 0. The fourth-order valence-electron chi connectivity index (χ4n) is 2.85. The van der Waals surface area contributed by atoms with E-state index in [0.29, 0.717) is 41.7 Å². The maximum absolute atomic E-state index is 12.4. The highest BCUT2D eigenvalue weighted by molar-refractivity contribution is 7.99. The molecule has 4 rings (SSSR count). The molecule has 0 atom stereocenters. The maximum Gasteiger partial charge on any atom is 0.339 e. The summed E-state index contributed by atoms with van der Waals surface area (Å²) in [7, 11) is 0. The molecule has 2 aromatic carbocycles. The average Bonchev–Trinajstić information content (AvgIpc) is 3.21. The van der Waals surface area contributed by atoms with E-state index in [2.05, 4.69) is 5.16 Å². The predicted molar refractivity (Wildman–Crippen MR) is 105 cm³/mol. The number of esters is 1. The number of fused-ring (bicyclic) bond motifs is 1. The van der Waals surface area contributed by atoms with Crippen molar-refractivity contribution in [3.63, 3.8) is 0 Å². The molecule has 0 amide bonds. The number of carbonyl (C=O) groups is 1. The van der Waals surface area contributed by atoms with Crippen LogP contribution >= 0.6 is 11.8 Å². The van der Waals surface area contributed by atoms with E-state index in [0.717, 1.165) is 16.2 Å². The third-order valence-corrected chi connectivity index (χ3v) is 5.10. The lowest BCUT2D eigenvalue weighted by Crippen LogP contribution is -2.15. The quantitative estimate of drug-likeness (QED) is 0.445. The van der Waals surface area contributed by atoms with Crippen LogP contribution in [0.1, 0.15) is 23.0 Å². The van der Waals surface area contributed by atoms with Crippen LogP contribution in [0.5, 0.6) is 11.5 Å². The number of thioether (sulfide) groups is 1. The fraction of sp³-hybridized carbons (Fsp3) is 0.238. The lowest BCUT2D eigenvalue weighted by atomic mass is 10.1.